The first kappa shape index (κ1) is 14.9. The lowest BCUT2D eigenvalue weighted by Crippen LogP contribution is -2.12. The minimum absolute atomic E-state index is 0.0654. The summed E-state index contributed by atoms with van der Waals surface area (Å²) in [7, 11) is 1.86. The molecule has 0 aromatic carbocycles. The van der Waals surface area contributed by atoms with Crippen molar-refractivity contribution < 1.29 is 4.79 Å². The van der Waals surface area contributed by atoms with Crippen molar-refractivity contribution in [3.63, 3.8) is 0 Å². The summed E-state index contributed by atoms with van der Waals surface area (Å²) < 4.78 is 1.87. The number of aromatic amines is 1. The van der Waals surface area contributed by atoms with Gasteiger partial charge < -0.3 is 4.57 Å². The number of hydrogen-bond acceptors (Lipinski definition) is 4. The van der Waals surface area contributed by atoms with Crippen molar-refractivity contribution in [2.75, 3.05) is 0 Å². The van der Waals surface area contributed by atoms with Crippen LogP contribution in [-0.4, -0.2) is 25.5 Å². The van der Waals surface area contributed by atoms with Gasteiger partial charge in [0, 0.05) is 43.2 Å². The number of carbonyl (C=O) groups is 1. The smallest absolute Gasteiger partial charge is 0.264 e. The number of nitrogens with zero attached hydrogens (tertiary/aromatic N) is 3. The van der Waals surface area contributed by atoms with E-state index in [0.29, 0.717) is 17.7 Å². The Morgan fingerprint density at radius 1 is 1.30 bits per heavy atom. The van der Waals surface area contributed by atoms with Crippen LogP contribution in [0.25, 0.3) is 0 Å². The summed E-state index contributed by atoms with van der Waals surface area (Å²) in [6.45, 7) is 1.96. The first-order valence-electron chi connectivity index (χ1n) is 7.21. The average Bonchev–Trinajstić information content (AvgIpc) is 2.85. The fraction of sp³-hybridized carbons (Fsp3) is 0.176. The fourth-order valence-electron chi connectivity index (χ4n) is 2.56. The van der Waals surface area contributed by atoms with Crippen molar-refractivity contribution in [1.29, 1.82) is 0 Å². The van der Waals surface area contributed by atoms with Crippen LogP contribution in [-0.2, 0) is 13.5 Å². The van der Waals surface area contributed by atoms with E-state index in [0.717, 1.165) is 17.0 Å². The minimum atomic E-state index is -0.232. The Hall–Kier alpha value is -3.02. The van der Waals surface area contributed by atoms with Crippen molar-refractivity contribution >= 4 is 5.78 Å². The molecule has 3 heterocycles. The van der Waals surface area contributed by atoms with Crippen LogP contribution in [0.1, 0.15) is 33.0 Å². The molecule has 0 fully saturated rings. The van der Waals surface area contributed by atoms with E-state index in [1.165, 1.54) is 6.07 Å². The fourth-order valence-corrected chi connectivity index (χ4v) is 2.56. The Balaban J connectivity index is 1.95. The van der Waals surface area contributed by atoms with E-state index in [9.17, 15) is 9.59 Å². The number of carbonyl (C=O) groups excluding carboxylic acids is 1. The molecule has 0 aliphatic rings. The number of aromatic nitrogens is 4. The highest BCUT2D eigenvalue weighted by atomic mass is 16.1. The van der Waals surface area contributed by atoms with Gasteiger partial charge in [-0.1, -0.05) is 0 Å². The Morgan fingerprint density at radius 3 is 2.78 bits per heavy atom. The molecule has 23 heavy (non-hydrogen) atoms. The van der Waals surface area contributed by atoms with Crippen molar-refractivity contribution in [2.45, 2.75) is 13.3 Å². The zero-order valence-electron chi connectivity index (χ0n) is 12.9. The maximum atomic E-state index is 12.6. The first-order chi connectivity index (χ1) is 11.1. The van der Waals surface area contributed by atoms with E-state index >= 15 is 0 Å². The summed E-state index contributed by atoms with van der Waals surface area (Å²) in [4.78, 5) is 27.7. The molecular weight excluding hydrogens is 292 g/mol. The molecule has 3 aromatic rings. The Labute approximate surface area is 132 Å². The molecule has 0 unspecified atom stereocenters. The molecule has 0 radical (unpaired) electrons. The average molecular weight is 308 g/mol. The predicted molar refractivity (Wildman–Crippen MR) is 85.5 cm³/mol. The largest absolute Gasteiger partial charge is 0.344 e. The standard InChI is InChI=1S/C17H16N4O2/c1-11-8-15(17(23)12-4-3-7-18-10-12)21(2)14(11)9-13-5-6-16(22)20-19-13/h3-8,10H,9H2,1-2H3,(H,20,22). The van der Waals surface area contributed by atoms with Gasteiger partial charge in [-0.25, -0.2) is 5.10 Å². The highest BCUT2D eigenvalue weighted by Crippen LogP contribution is 2.19. The summed E-state index contributed by atoms with van der Waals surface area (Å²) >= 11 is 0. The van der Waals surface area contributed by atoms with Crippen LogP contribution < -0.4 is 5.56 Å². The third-order valence-corrected chi connectivity index (χ3v) is 3.82. The predicted octanol–water partition coefficient (Wildman–Crippen LogP) is 1.63. The second-order valence-electron chi connectivity index (χ2n) is 5.38. The van der Waals surface area contributed by atoms with Gasteiger partial charge in [-0.15, -0.1) is 0 Å². The summed E-state index contributed by atoms with van der Waals surface area (Å²) in [5.74, 6) is -0.0654. The summed E-state index contributed by atoms with van der Waals surface area (Å²) in [5, 5.41) is 6.45. The molecular formula is C17H16N4O2. The number of H-pyrrole nitrogens is 1. The van der Waals surface area contributed by atoms with Gasteiger partial charge in [0.2, 0.25) is 5.78 Å². The molecule has 0 amide bonds. The molecule has 1 N–H and O–H groups in total. The molecule has 6 nitrogen and oxygen atoms in total. The van der Waals surface area contributed by atoms with E-state index in [4.69, 9.17) is 0 Å². The van der Waals surface area contributed by atoms with E-state index in [1.807, 2.05) is 24.6 Å². The molecule has 0 atom stereocenters. The second kappa shape index (κ2) is 6.00. The van der Waals surface area contributed by atoms with Crippen LogP contribution in [0.3, 0.4) is 0 Å². The summed E-state index contributed by atoms with van der Waals surface area (Å²) in [5.41, 5.74) is 3.67. The monoisotopic (exact) mass is 308 g/mol. The molecule has 0 aliphatic heterocycles. The first-order valence-corrected chi connectivity index (χ1v) is 7.21. The third-order valence-electron chi connectivity index (χ3n) is 3.82. The lowest BCUT2D eigenvalue weighted by molar-refractivity contribution is 0.103. The molecule has 0 aliphatic carbocycles. The van der Waals surface area contributed by atoms with Crippen LogP contribution in [0, 0.1) is 6.92 Å². The molecule has 0 bridgehead atoms. The van der Waals surface area contributed by atoms with Gasteiger partial charge >= 0.3 is 0 Å². The van der Waals surface area contributed by atoms with Crippen molar-refractivity contribution in [2.24, 2.45) is 7.05 Å². The van der Waals surface area contributed by atoms with Gasteiger partial charge in [0.25, 0.3) is 5.56 Å². The number of rotatable bonds is 4. The van der Waals surface area contributed by atoms with E-state index in [2.05, 4.69) is 15.2 Å². The molecule has 0 spiro atoms. The van der Waals surface area contributed by atoms with Gasteiger partial charge in [0.15, 0.2) is 0 Å². The normalized spacial score (nSPS) is 10.7. The SMILES string of the molecule is Cc1cc(C(=O)c2cccnc2)n(C)c1Cc1ccc(=O)[nH]n1. The molecule has 116 valence electrons. The maximum absolute atomic E-state index is 12.6. The Morgan fingerprint density at radius 2 is 2.13 bits per heavy atom. The van der Waals surface area contributed by atoms with Crippen molar-refractivity contribution in [1.82, 2.24) is 19.7 Å². The van der Waals surface area contributed by atoms with Crippen molar-refractivity contribution in [3.05, 3.63) is 81.3 Å². The van der Waals surface area contributed by atoms with Gasteiger partial charge in [-0.3, -0.25) is 14.6 Å². The molecule has 3 aromatic heterocycles. The summed E-state index contributed by atoms with van der Waals surface area (Å²) in [6, 6.07) is 8.50. The maximum Gasteiger partial charge on any atom is 0.264 e. The molecule has 0 saturated carbocycles. The topological polar surface area (TPSA) is 80.6 Å². The zero-order valence-corrected chi connectivity index (χ0v) is 12.9. The zero-order chi connectivity index (χ0) is 16.4. The highest BCUT2D eigenvalue weighted by molar-refractivity contribution is 6.08. The van der Waals surface area contributed by atoms with Gasteiger partial charge in [-0.2, -0.15) is 5.10 Å². The van der Waals surface area contributed by atoms with Crippen LogP contribution in [0.15, 0.2) is 47.5 Å². The Bertz CT molecular complexity index is 890. The van der Waals surface area contributed by atoms with E-state index in [-0.39, 0.29) is 11.3 Å². The molecule has 0 saturated heterocycles. The lowest BCUT2D eigenvalue weighted by atomic mass is 10.1. The number of aryl methyl sites for hydroxylation is 1. The number of ketones is 1. The second-order valence-corrected chi connectivity index (χ2v) is 5.38. The van der Waals surface area contributed by atoms with Crippen LogP contribution in [0.4, 0.5) is 0 Å². The third kappa shape index (κ3) is 2.96. The number of hydrogen-bond donors (Lipinski definition) is 1. The lowest BCUT2D eigenvalue weighted by Gasteiger charge is -2.07. The Kier molecular flexibility index (Phi) is 3.89. The molecule has 6 heteroatoms. The summed E-state index contributed by atoms with van der Waals surface area (Å²) in [6.07, 6.45) is 3.74. The van der Waals surface area contributed by atoms with Crippen molar-refractivity contribution in [3.8, 4) is 0 Å². The van der Waals surface area contributed by atoms with E-state index < -0.39 is 0 Å². The number of pyridine rings is 1. The van der Waals surface area contributed by atoms with Crippen LogP contribution in [0.5, 0.6) is 0 Å². The highest BCUT2D eigenvalue weighted by Gasteiger charge is 2.18. The van der Waals surface area contributed by atoms with Crippen LogP contribution >= 0.6 is 0 Å². The van der Waals surface area contributed by atoms with Gasteiger partial charge in [-0.05, 0) is 36.8 Å². The quantitative estimate of drug-likeness (QED) is 0.743. The van der Waals surface area contributed by atoms with Gasteiger partial charge in [0.1, 0.15) is 0 Å². The number of nitrogens with one attached hydrogen (secondary N) is 1. The van der Waals surface area contributed by atoms with E-state index in [1.54, 1.807) is 30.6 Å². The van der Waals surface area contributed by atoms with Gasteiger partial charge in [0.05, 0.1) is 11.4 Å². The van der Waals surface area contributed by atoms with Crippen LogP contribution in [0.2, 0.25) is 0 Å². The minimum Gasteiger partial charge on any atom is -0.344 e. The molecule has 3 rings (SSSR count).